The first kappa shape index (κ1) is 13.0. The first-order valence-corrected chi connectivity index (χ1v) is 6.66. The Morgan fingerprint density at radius 3 is 2.11 bits per heavy atom. The van der Waals surface area contributed by atoms with Crippen LogP contribution < -0.4 is 11.1 Å². The summed E-state index contributed by atoms with van der Waals surface area (Å²) < 4.78 is 1.10. The van der Waals surface area contributed by atoms with Gasteiger partial charge >= 0.3 is 0 Å². The zero-order valence-corrected chi connectivity index (χ0v) is 12.4. The lowest BCUT2D eigenvalue weighted by Crippen LogP contribution is -1.98. The van der Waals surface area contributed by atoms with Crippen LogP contribution in [0.3, 0.4) is 0 Å². The van der Waals surface area contributed by atoms with E-state index in [1.165, 1.54) is 11.1 Å². The predicted octanol–water partition coefficient (Wildman–Crippen LogP) is 4.70. The molecule has 0 spiro atoms. The Hall–Kier alpha value is -1.48. The maximum Gasteiger partial charge on any atom is 0.0444 e. The van der Waals surface area contributed by atoms with Crippen molar-refractivity contribution in [2.75, 3.05) is 11.1 Å². The number of nitrogens with one attached hydrogen (secondary N) is 1. The van der Waals surface area contributed by atoms with Crippen molar-refractivity contribution < 1.29 is 0 Å². The minimum absolute atomic E-state index is 0.812. The van der Waals surface area contributed by atoms with Gasteiger partial charge in [-0.2, -0.15) is 0 Å². The number of nitrogen functional groups attached to an aromatic ring is 1. The molecule has 0 aliphatic carbocycles. The van der Waals surface area contributed by atoms with Crippen molar-refractivity contribution in [2.24, 2.45) is 0 Å². The first-order valence-electron chi connectivity index (χ1n) is 5.87. The van der Waals surface area contributed by atoms with Crippen molar-refractivity contribution in [3.63, 3.8) is 0 Å². The summed E-state index contributed by atoms with van der Waals surface area (Å²) in [6, 6.07) is 10.3. The van der Waals surface area contributed by atoms with E-state index in [-0.39, 0.29) is 0 Å². The van der Waals surface area contributed by atoms with Gasteiger partial charge in [-0.05, 0) is 61.7 Å². The number of anilines is 3. The Morgan fingerprint density at radius 2 is 1.56 bits per heavy atom. The second kappa shape index (κ2) is 5.02. The minimum Gasteiger partial charge on any atom is -0.398 e. The van der Waals surface area contributed by atoms with Crippen LogP contribution in [0.25, 0.3) is 0 Å². The molecule has 0 atom stereocenters. The van der Waals surface area contributed by atoms with E-state index in [4.69, 9.17) is 5.73 Å². The molecule has 0 unspecified atom stereocenters. The van der Waals surface area contributed by atoms with Crippen molar-refractivity contribution in [1.29, 1.82) is 0 Å². The lowest BCUT2D eigenvalue weighted by Gasteiger charge is -2.14. The molecule has 0 aliphatic rings. The highest BCUT2D eigenvalue weighted by Gasteiger charge is 2.05. The second-order valence-corrected chi connectivity index (χ2v) is 5.53. The SMILES string of the molecule is Cc1ccc(Nc2c(C)cc(Br)cc2C)cc1N. The molecule has 0 bridgehead atoms. The third kappa shape index (κ3) is 2.67. The van der Waals surface area contributed by atoms with Crippen LogP contribution in [0.2, 0.25) is 0 Å². The maximum absolute atomic E-state index is 5.93. The topological polar surface area (TPSA) is 38.0 Å². The lowest BCUT2D eigenvalue weighted by molar-refractivity contribution is 1.34. The summed E-state index contributed by atoms with van der Waals surface area (Å²) in [5.74, 6) is 0. The van der Waals surface area contributed by atoms with Gasteiger partial charge in [-0.1, -0.05) is 22.0 Å². The molecule has 2 nitrogen and oxygen atoms in total. The fraction of sp³-hybridized carbons (Fsp3) is 0.200. The fourth-order valence-corrected chi connectivity index (χ4v) is 2.66. The van der Waals surface area contributed by atoms with E-state index in [1.54, 1.807) is 0 Å². The van der Waals surface area contributed by atoms with Gasteiger partial charge in [0.15, 0.2) is 0 Å². The molecule has 2 aromatic carbocycles. The highest BCUT2D eigenvalue weighted by atomic mass is 79.9. The number of rotatable bonds is 2. The molecular weight excluding hydrogens is 288 g/mol. The van der Waals surface area contributed by atoms with E-state index in [9.17, 15) is 0 Å². The van der Waals surface area contributed by atoms with E-state index >= 15 is 0 Å². The standard InChI is InChI=1S/C15H17BrN2/c1-9-4-5-13(8-14(9)17)18-15-10(2)6-12(16)7-11(15)3/h4-8,18H,17H2,1-3H3. The Labute approximate surface area is 116 Å². The van der Waals surface area contributed by atoms with Crippen LogP contribution in [0.15, 0.2) is 34.8 Å². The largest absolute Gasteiger partial charge is 0.398 e. The molecule has 0 saturated heterocycles. The molecule has 0 aliphatic heterocycles. The van der Waals surface area contributed by atoms with Gasteiger partial charge in [0, 0.05) is 21.5 Å². The van der Waals surface area contributed by atoms with Crippen LogP contribution in [-0.2, 0) is 0 Å². The normalized spacial score (nSPS) is 10.4. The molecule has 0 heterocycles. The third-order valence-corrected chi connectivity index (χ3v) is 3.50. The van der Waals surface area contributed by atoms with Crippen LogP contribution >= 0.6 is 15.9 Å². The van der Waals surface area contributed by atoms with E-state index in [0.29, 0.717) is 0 Å². The summed E-state index contributed by atoms with van der Waals surface area (Å²) >= 11 is 3.51. The molecule has 18 heavy (non-hydrogen) atoms. The first-order chi connectivity index (χ1) is 8.47. The van der Waals surface area contributed by atoms with Crippen LogP contribution in [0.1, 0.15) is 16.7 Å². The summed E-state index contributed by atoms with van der Waals surface area (Å²) in [5, 5.41) is 3.43. The van der Waals surface area contributed by atoms with Crippen molar-refractivity contribution in [3.05, 3.63) is 51.5 Å². The molecular formula is C15H17BrN2. The smallest absolute Gasteiger partial charge is 0.0444 e. The highest BCUT2D eigenvalue weighted by molar-refractivity contribution is 9.10. The van der Waals surface area contributed by atoms with Gasteiger partial charge < -0.3 is 11.1 Å². The molecule has 94 valence electrons. The van der Waals surface area contributed by atoms with Gasteiger partial charge in [-0.15, -0.1) is 0 Å². The number of aryl methyl sites for hydroxylation is 3. The van der Waals surface area contributed by atoms with Crippen LogP contribution in [-0.4, -0.2) is 0 Å². The van der Waals surface area contributed by atoms with Crippen molar-refractivity contribution in [2.45, 2.75) is 20.8 Å². The summed E-state index contributed by atoms with van der Waals surface area (Å²) in [6.45, 7) is 6.20. The van der Waals surface area contributed by atoms with Gasteiger partial charge in [0.25, 0.3) is 0 Å². The highest BCUT2D eigenvalue weighted by Crippen LogP contribution is 2.29. The Kier molecular flexibility index (Phi) is 3.62. The zero-order chi connectivity index (χ0) is 13.3. The van der Waals surface area contributed by atoms with Crippen LogP contribution in [0.4, 0.5) is 17.1 Å². The lowest BCUT2D eigenvalue weighted by atomic mass is 10.1. The van der Waals surface area contributed by atoms with Gasteiger partial charge in [-0.3, -0.25) is 0 Å². The fourth-order valence-electron chi connectivity index (χ4n) is 1.97. The summed E-state index contributed by atoms with van der Waals surface area (Å²) in [5.41, 5.74) is 12.4. The van der Waals surface area contributed by atoms with E-state index in [1.807, 2.05) is 25.1 Å². The molecule has 2 aromatic rings. The number of hydrogen-bond acceptors (Lipinski definition) is 2. The monoisotopic (exact) mass is 304 g/mol. The average molecular weight is 305 g/mol. The second-order valence-electron chi connectivity index (χ2n) is 4.61. The number of benzene rings is 2. The van der Waals surface area contributed by atoms with Gasteiger partial charge in [0.1, 0.15) is 0 Å². The summed E-state index contributed by atoms with van der Waals surface area (Å²) in [4.78, 5) is 0. The molecule has 0 saturated carbocycles. The predicted molar refractivity (Wildman–Crippen MR) is 82.5 cm³/mol. The van der Waals surface area contributed by atoms with Crippen molar-refractivity contribution in [3.8, 4) is 0 Å². The van der Waals surface area contributed by atoms with Crippen molar-refractivity contribution in [1.82, 2.24) is 0 Å². The number of halogens is 1. The molecule has 0 amide bonds. The van der Waals surface area contributed by atoms with E-state index in [2.05, 4.69) is 47.2 Å². The Morgan fingerprint density at radius 1 is 0.944 bits per heavy atom. The molecule has 3 N–H and O–H groups in total. The quantitative estimate of drug-likeness (QED) is 0.789. The van der Waals surface area contributed by atoms with Gasteiger partial charge in [0.2, 0.25) is 0 Å². The average Bonchev–Trinajstić information content (AvgIpc) is 2.28. The maximum atomic E-state index is 5.93. The Balaban J connectivity index is 2.37. The zero-order valence-electron chi connectivity index (χ0n) is 10.8. The Bertz CT molecular complexity index is 568. The summed E-state index contributed by atoms with van der Waals surface area (Å²) in [6.07, 6.45) is 0. The molecule has 2 rings (SSSR count). The van der Waals surface area contributed by atoms with Gasteiger partial charge in [0.05, 0.1) is 0 Å². The van der Waals surface area contributed by atoms with E-state index in [0.717, 1.165) is 27.1 Å². The van der Waals surface area contributed by atoms with E-state index < -0.39 is 0 Å². The summed E-state index contributed by atoms with van der Waals surface area (Å²) in [7, 11) is 0. The van der Waals surface area contributed by atoms with Crippen LogP contribution in [0, 0.1) is 20.8 Å². The van der Waals surface area contributed by atoms with Crippen LogP contribution in [0.5, 0.6) is 0 Å². The minimum atomic E-state index is 0.812. The van der Waals surface area contributed by atoms with Gasteiger partial charge in [-0.25, -0.2) is 0 Å². The molecule has 0 radical (unpaired) electrons. The number of hydrogen-bond donors (Lipinski definition) is 2. The number of nitrogens with two attached hydrogens (primary N) is 1. The molecule has 0 fully saturated rings. The van der Waals surface area contributed by atoms with Crippen molar-refractivity contribution >= 4 is 33.0 Å². The molecule has 0 aromatic heterocycles. The molecule has 3 heteroatoms. The third-order valence-electron chi connectivity index (χ3n) is 3.05.